The van der Waals surface area contributed by atoms with Gasteiger partial charge in [0.1, 0.15) is 0 Å². The van der Waals surface area contributed by atoms with Gasteiger partial charge >= 0.3 is 0 Å². The summed E-state index contributed by atoms with van der Waals surface area (Å²) in [5.74, 6) is 0. The summed E-state index contributed by atoms with van der Waals surface area (Å²) in [5.41, 5.74) is 8.05. The molecule has 0 radical (unpaired) electrons. The highest BCUT2D eigenvalue weighted by molar-refractivity contribution is 6.36. The molecule has 1 atom stereocenters. The predicted molar refractivity (Wildman–Crippen MR) is 78.5 cm³/mol. The molecule has 0 saturated carbocycles. The van der Waals surface area contributed by atoms with Crippen molar-refractivity contribution in [3.63, 3.8) is 0 Å². The minimum Gasteiger partial charge on any atom is -0.324 e. The monoisotopic (exact) mass is 299 g/mol. The van der Waals surface area contributed by atoms with Gasteiger partial charge in [-0.2, -0.15) is 0 Å². The molecule has 0 aliphatic rings. The van der Waals surface area contributed by atoms with Gasteiger partial charge in [0, 0.05) is 26.7 Å². The van der Waals surface area contributed by atoms with E-state index in [0.717, 1.165) is 11.1 Å². The second-order valence-corrected chi connectivity index (χ2v) is 5.32. The molecule has 2 N–H and O–H groups in total. The van der Waals surface area contributed by atoms with Crippen LogP contribution >= 0.6 is 34.8 Å². The van der Waals surface area contributed by atoms with Gasteiger partial charge in [-0.25, -0.2) is 0 Å². The molecule has 4 heteroatoms. The molecule has 1 nitrogen and oxygen atoms in total. The van der Waals surface area contributed by atoms with Gasteiger partial charge in [-0.1, -0.05) is 53.0 Å². The smallest absolute Gasteiger partial charge is 0.0468 e. The van der Waals surface area contributed by atoms with Crippen molar-refractivity contribution in [2.75, 3.05) is 0 Å². The maximum absolute atomic E-state index is 6.16. The van der Waals surface area contributed by atoms with Crippen LogP contribution in [0.2, 0.25) is 15.1 Å². The first-order chi connectivity index (χ1) is 8.58. The van der Waals surface area contributed by atoms with Crippen LogP contribution in [0.25, 0.3) is 0 Å². The minimum absolute atomic E-state index is 0.229. The van der Waals surface area contributed by atoms with Crippen molar-refractivity contribution in [3.05, 3.63) is 68.7 Å². The molecule has 0 bridgehead atoms. The Labute approximate surface area is 121 Å². The average Bonchev–Trinajstić information content (AvgIpc) is 2.32. The quantitative estimate of drug-likeness (QED) is 0.858. The number of hydrogen-bond donors (Lipinski definition) is 1. The molecule has 1 unspecified atom stereocenters. The van der Waals surface area contributed by atoms with E-state index in [1.807, 2.05) is 30.3 Å². The summed E-state index contributed by atoms with van der Waals surface area (Å²) in [6, 6.07) is 12.8. The number of benzene rings is 2. The fraction of sp³-hybridized carbons (Fsp3) is 0.143. The van der Waals surface area contributed by atoms with E-state index in [1.54, 1.807) is 12.1 Å². The third-order valence-corrected chi connectivity index (χ3v) is 3.65. The largest absolute Gasteiger partial charge is 0.324 e. The Morgan fingerprint density at radius 1 is 0.889 bits per heavy atom. The highest BCUT2D eigenvalue weighted by Gasteiger charge is 2.14. The minimum atomic E-state index is -0.229. The summed E-state index contributed by atoms with van der Waals surface area (Å²) < 4.78 is 0. The lowest BCUT2D eigenvalue weighted by Gasteiger charge is -2.15. The lowest BCUT2D eigenvalue weighted by atomic mass is 9.99. The number of halogens is 3. The fourth-order valence-electron chi connectivity index (χ4n) is 1.84. The Morgan fingerprint density at radius 2 is 1.44 bits per heavy atom. The summed E-state index contributed by atoms with van der Waals surface area (Å²) in [7, 11) is 0. The number of hydrogen-bond acceptors (Lipinski definition) is 1. The van der Waals surface area contributed by atoms with E-state index in [2.05, 4.69) is 0 Å². The Hall–Kier alpha value is -0.730. The predicted octanol–water partition coefficient (Wildman–Crippen LogP) is 4.89. The molecule has 0 spiro atoms. The van der Waals surface area contributed by atoms with E-state index in [4.69, 9.17) is 40.5 Å². The number of nitrogens with two attached hydrogens (primary N) is 1. The van der Waals surface area contributed by atoms with Gasteiger partial charge in [-0.3, -0.25) is 0 Å². The Morgan fingerprint density at radius 3 is 2.00 bits per heavy atom. The fourth-order valence-corrected chi connectivity index (χ4v) is 2.65. The summed E-state index contributed by atoms with van der Waals surface area (Å²) in [6.45, 7) is 0. The van der Waals surface area contributed by atoms with E-state index in [9.17, 15) is 0 Å². The van der Waals surface area contributed by atoms with Crippen LogP contribution in [0.4, 0.5) is 0 Å². The van der Waals surface area contributed by atoms with Crippen LogP contribution in [0.15, 0.2) is 42.5 Å². The van der Waals surface area contributed by atoms with Gasteiger partial charge in [-0.05, 0) is 36.2 Å². The molecule has 0 heterocycles. The standard InChI is InChI=1S/C14H12Cl3N/c15-10-6-4-9(5-7-10)8-13(18)14-11(16)2-1-3-12(14)17/h1-7,13H,8,18H2. The van der Waals surface area contributed by atoms with E-state index < -0.39 is 0 Å². The molecule has 2 rings (SSSR count). The lowest BCUT2D eigenvalue weighted by molar-refractivity contribution is 0.722. The highest BCUT2D eigenvalue weighted by atomic mass is 35.5. The molecule has 0 fully saturated rings. The number of rotatable bonds is 3. The van der Waals surface area contributed by atoms with E-state index in [0.29, 0.717) is 21.5 Å². The van der Waals surface area contributed by atoms with Crippen molar-refractivity contribution in [1.29, 1.82) is 0 Å². The second-order valence-electron chi connectivity index (χ2n) is 4.07. The van der Waals surface area contributed by atoms with Crippen LogP contribution in [0, 0.1) is 0 Å². The van der Waals surface area contributed by atoms with Crippen LogP contribution in [0.3, 0.4) is 0 Å². The average molecular weight is 301 g/mol. The van der Waals surface area contributed by atoms with E-state index in [-0.39, 0.29) is 6.04 Å². The van der Waals surface area contributed by atoms with Crippen LogP contribution in [-0.4, -0.2) is 0 Å². The van der Waals surface area contributed by atoms with Crippen LogP contribution in [-0.2, 0) is 6.42 Å². The zero-order valence-electron chi connectivity index (χ0n) is 9.54. The SMILES string of the molecule is NC(Cc1ccc(Cl)cc1)c1c(Cl)cccc1Cl. The van der Waals surface area contributed by atoms with Crippen LogP contribution in [0.1, 0.15) is 17.2 Å². The van der Waals surface area contributed by atoms with E-state index in [1.165, 1.54) is 0 Å². The van der Waals surface area contributed by atoms with Crippen molar-refractivity contribution in [3.8, 4) is 0 Å². The molecule has 2 aromatic carbocycles. The molecular weight excluding hydrogens is 289 g/mol. The molecule has 0 aromatic heterocycles. The van der Waals surface area contributed by atoms with Gasteiger partial charge in [0.2, 0.25) is 0 Å². The third kappa shape index (κ3) is 3.18. The Balaban J connectivity index is 2.22. The Bertz CT molecular complexity index is 517. The van der Waals surface area contributed by atoms with Crippen molar-refractivity contribution in [2.45, 2.75) is 12.5 Å². The zero-order chi connectivity index (χ0) is 13.1. The molecule has 18 heavy (non-hydrogen) atoms. The van der Waals surface area contributed by atoms with Crippen molar-refractivity contribution in [1.82, 2.24) is 0 Å². The van der Waals surface area contributed by atoms with Gasteiger partial charge in [0.15, 0.2) is 0 Å². The van der Waals surface area contributed by atoms with Crippen molar-refractivity contribution < 1.29 is 0 Å². The molecule has 2 aromatic rings. The normalized spacial score (nSPS) is 12.4. The summed E-state index contributed by atoms with van der Waals surface area (Å²) in [6.07, 6.45) is 0.667. The highest BCUT2D eigenvalue weighted by Crippen LogP contribution is 2.30. The van der Waals surface area contributed by atoms with Gasteiger partial charge in [-0.15, -0.1) is 0 Å². The third-order valence-electron chi connectivity index (χ3n) is 2.74. The second kappa shape index (κ2) is 5.94. The van der Waals surface area contributed by atoms with Gasteiger partial charge in [0.25, 0.3) is 0 Å². The lowest BCUT2D eigenvalue weighted by Crippen LogP contribution is -2.14. The first-order valence-corrected chi connectivity index (χ1v) is 6.65. The zero-order valence-corrected chi connectivity index (χ0v) is 11.8. The molecule has 0 aliphatic heterocycles. The van der Waals surface area contributed by atoms with Crippen LogP contribution in [0.5, 0.6) is 0 Å². The maximum atomic E-state index is 6.16. The molecule has 0 amide bonds. The summed E-state index contributed by atoms with van der Waals surface area (Å²) in [5, 5.41) is 1.91. The Kier molecular flexibility index (Phi) is 4.52. The van der Waals surface area contributed by atoms with E-state index >= 15 is 0 Å². The first-order valence-electron chi connectivity index (χ1n) is 5.52. The van der Waals surface area contributed by atoms with Gasteiger partial charge < -0.3 is 5.73 Å². The molecule has 0 saturated heterocycles. The van der Waals surface area contributed by atoms with Crippen LogP contribution < -0.4 is 5.73 Å². The van der Waals surface area contributed by atoms with Crippen molar-refractivity contribution >= 4 is 34.8 Å². The molecular formula is C14H12Cl3N. The molecule has 0 aliphatic carbocycles. The molecule has 94 valence electrons. The van der Waals surface area contributed by atoms with Crippen molar-refractivity contribution in [2.24, 2.45) is 5.73 Å². The first kappa shape index (κ1) is 13.7. The topological polar surface area (TPSA) is 26.0 Å². The van der Waals surface area contributed by atoms with Gasteiger partial charge in [0.05, 0.1) is 0 Å². The summed E-state index contributed by atoms with van der Waals surface area (Å²) >= 11 is 18.1. The summed E-state index contributed by atoms with van der Waals surface area (Å²) in [4.78, 5) is 0. The maximum Gasteiger partial charge on any atom is 0.0468 e.